The van der Waals surface area contributed by atoms with E-state index in [0.29, 0.717) is 5.69 Å². The number of anilines is 1. The quantitative estimate of drug-likeness (QED) is 0.492. The van der Waals surface area contributed by atoms with Crippen LogP contribution in [0.25, 0.3) is 0 Å². The first-order valence-electron chi connectivity index (χ1n) is 4.71. The van der Waals surface area contributed by atoms with Gasteiger partial charge < -0.3 is 10.1 Å². The van der Waals surface area contributed by atoms with Crippen molar-refractivity contribution in [1.29, 1.82) is 10.5 Å². The first-order chi connectivity index (χ1) is 8.62. The Kier molecular flexibility index (Phi) is 4.24. The van der Waals surface area contributed by atoms with Gasteiger partial charge in [-0.2, -0.15) is 10.5 Å². The molecule has 0 saturated carbocycles. The average Bonchev–Trinajstić information content (AvgIpc) is 2.39. The predicted octanol–water partition coefficient (Wildman–Crippen LogP) is 1.95. The number of nitriles is 2. The van der Waals surface area contributed by atoms with E-state index in [4.69, 9.17) is 15.3 Å². The summed E-state index contributed by atoms with van der Waals surface area (Å²) in [7, 11) is 1.36. The van der Waals surface area contributed by atoms with Gasteiger partial charge in [-0.1, -0.05) is 0 Å². The number of allylic oxidation sites excluding steroid dienone is 1. The molecule has 0 unspecified atom stereocenters. The molecule has 0 bridgehead atoms. The zero-order chi connectivity index (χ0) is 13.5. The van der Waals surface area contributed by atoms with Crippen molar-refractivity contribution >= 4 is 11.4 Å². The number of non-ortho nitro benzene ring substituents is 1. The smallest absolute Gasteiger partial charge is 0.273 e. The number of nitro benzene ring substituents is 1. The normalized spacial score (nSPS) is 8.61. The van der Waals surface area contributed by atoms with Crippen molar-refractivity contribution in [3.63, 3.8) is 0 Å². The topological polar surface area (TPSA) is 112 Å². The lowest BCUT2D eigenvalue weighted by Crippen LogP contribution is -1.96. The number of nitrogens with zero attached hydrogens (tertiary/aromatic N) is 3. The Bertz CT molecular complexity index is 565. The summed E-state index contributed by atoms with van der Waals surface area (Å²) in [6.07, 6.45) is 1.20. The van der Waals surface area contributed by atoms with Crippen molar-refractivity contribution in [1.82, 2.24) is 0 Å². The number of rotatable bonds is 4. The Balaban J connectivity index is 3.05. The third kappa shape index (κ3) is 2.97. The number of hydrogen-bond donors (Lipinski definition) is 1. The largest absolute Gasteiger partial charge is 0.494 e. The molecule has 0 saturated heterocycles. The fourth-order valence-corrected chi connectivity index (χ4v) is 1.15. The van der Waals surface area contributed by atoms with Crippen molar-refractivity contribution in [2.45, 2.75) is 0 Å². The second kappa shape index (κ2) is 5.87. The summed E-state index contributed by atoms with van der Waals surface area (Å²) in [4.78, 5) is 10.0. The molecule has 0 aliphatic heterocycles. The molecule has 7 heteroatoms. The number of ether oxygens (including phenoxy) is 1. The number of benzene rings is 1. The lowest BCUT2D eigenvalue weighted by Gasteiger charge is -2.07. The van der Waals surface area contributed by atoms with Crippen LogP contribution >= 0.6 is 0 Å². The molecule has 0 fully saturated rings. The minimum Gasteiger partial charge on any atom is -0.494 e. The van der Waals surface area contributed by atoms with Crippen molar-refractivity contribution < 1.29 is 9.66 Å². The molecule has 0 radical (unpaired) electrons. The Morgan fingerprint density at radius 2 is 2.17 bits per heavy atom. The van der Waals surface area contributed by atoms with Crippen LogP contribution in [0.15, 0.2) is 30.0 Å². The molecule has 0 aromatic heterocycles. The molecule has 0 amide bonds. The minimum absolute atomic E-state index is 0.109. The van der Waals surface area contributed by atoms with Crippen LogP contribution < -0.4 is 10.1 Å². The second-order valence-electron chi connectivity index (χ2n) is 3.07. The molecule has 0 spiro atoms. The fraction of sp³-hybridized carbons (Fsp3) is 0.0909. The molecule has 0 atom stereocenters. The third-order valence-corrected chi connectivity index (χ3v) is 2.01. The summed E-state index contributed by atoms with van der Waals surface area (Å²) in [5.74, 6) is 0.246. The molecule has 7 nitrogen and oxygen atoms in total. The second-order valence-corrected chi connectivity index (χ2v) is 3.07. The maximum absolute atomic E-state index is 10.6. The molecule has 1 aromatic rings. The highest BCUT2D eigenvalue weighted by molar-refractivity contribution is 5.62. The van der Waals surface area contributed by atoms with Gasteiger partial charge in [0.2, 0.25) is 0 Å². The average molecular weight is 244 g/mol. The van der Waals surface area contributed by atoms with E-state index in [1.807, 2.05) is 0 Å². The minimum atomic E-state index is -0.544. The van der Waals surface area contributed by atoms with Crippen molar-refractivity contribution in [2.24, 2.45) is 0 Å². The summed E-state index contributed by atoms with van der Waals surface area (Å²) in [5.41, 5.74) is 0.198. The summed E-state index contributed by atoms with van der Waals surface area (Å²) in [6, 6.07) is 7.32. The van der Waals surface area contributed by atoms with Crippen molar-refractivity contribution in [2.75, 3.05) is 12.4 Å². The summed E-state index contributed by atoms with van der Waals surface area (Å²) < 4.78 is 4.97. The van der Waals surface area contributed by atoms with Gasteiger partial charge in [-0.25, -0.2) is 0 Å². The van der Waals surface area contributed by atoms with Gasteiger partial charge in [0.1, 0.15) is 23.5 Å². The maximum Gasteiger partial charge on any atom is 0.273 e. The first-order valence-corrected chi connectivity index (χ1v) is 4.71. The Morgan fingerprint density at radius 3 is 2.67 bits per heavy atom. The number of nitrogens with one attached hydrogen (secondary N) is 1. The highest BCUT2D eigenvalue weighted by Gasteiger charge is 2.10. The van der Waals surface area contributed by atoms with Gasteiger partial charge >= 0.3 is 0 Å². The predicted molar refractivity (Wildman–Crippen MR) is 62.6 cm³/mol. The number of methoxy groups -OCH3 is 1. The number of nitro groups is 1. The number of hydrogen-bond acceptors (Lipinski definition) is 6. The van der Waals surface area contributed by atoms with E-state index in [1.54, 1.807) is 12.1 Å². The monoisotopic (exact) mass is 244 g/mol. The van der Waals surface area contributed by atoms with Gasteiger partial charge in [0.25, 0.3) is 5.69 Å². The molecule has 1 rings (SSSR count). The fourth-order valence-electron chi connectivity index (χ4n) is 1.15. The van der Waals surface area contributed by atoms with Crippen LogP contribution in [0.1, 0.15) is 0 Å². The Hall–Kier alpha value is -3.06. The third-order valence-electron chi connectivity index (χ3n) is 2.01. The van der Waals surface area contributed by atoms with Gasteiger partial charge in [0.05, 0.1) is 23.8 Å². The van der Waals surface area contributed by atoms with Crippen LogP contribution in [0.5, 0.6) is 5.75 Å². The Labute approximate surface area is 103 Å². The Morgan fingerprint density at radius 1 is 1.50 bits per heavy atom. The van der Waals surface area contributed by atoms with Crippen LogP contribution in [-0.2, 0) is 0 Å². The summed E-state index contributed by atoms with van der Waals surface area (Å²) in [5, 5.41) is 30.3. The van der Waals surface area contributed by atoms with Gasteiger partial charge in [-0.3, -0.25) is 10.1 Å². The van der Waals surface area contributed by atoms with Gasteiger partial charge in [-0.15, -0.1) is 0 Å². The van der Waals surface area contributed by atoms with Crippen LogP contribution in [-0.4, -0.2) is 12.0 Å². The SMILES string of the molecule is COc1cc([N+](=O)[O-])ccc1NC=C(C#N)C#N. The summed E-state index contributed by atoms with van der Waals surface area (Å²) >= 11 is 0. The van der Waals surface area contributed by atoms with E-state index in [1.165, 1.54) is 31.5 Å². The van der Waals surface area contributed by atoms with Gasteiger partial charge in [-0.05, 0) is 6.07 Å². The molecule has 18 heavy (non-hydrogen) atoms. The lowest BCUT2D eigenvalue weighted by atomic mass is 10.2. The standard InChI is InChI=1S/C11H8N4O3/c1-18-11-4-9(15(16)17)2-3-10(11)14-7-8(5-12)6-13/h2-4,7,14H,1H3. The lowest BCUT2D eigenvalue weighted by molar-refractivity contribution is -0.384. The van der Waals surface area contributed by atoms with Crippen LogP contribution in [0, 0.1) is 32.8 Å². The van der Waals surface area contributed by atoms with E-state index in [9.17, 15) is 10.1 Å². The van der Waals surface area contributed by atoms with Gasteiger partial charge in [0.15, 0.2) is 0 Å². The summed E-state index contributed by atoms with van der Waals surface area (Å²) in [6.45, 7) is 0. The maximum atomic E-state index is 10.6. The zero-order valence-corrected chi connectivity index (χ0v) is 9.38. The molecular formula is C11H8N4O3. The van der Waals surface area contributed by atoms with Gasteiger partial charge in [0, 0.05) is 12.3 Å². The molecule has 0 aliphatic carbocycles. The van der Waals surface area contributed by atoms with Crippen LogP contribution in [0.2, 0.25) is 0 Å². The van der Waals surface area contributed by atoms with E-state index >= 15 is 0 Å². The van der Waals surface area contributed by atoms with Crippen molar-refractivity contribution in [3.8, 4) is 17.9 Å². The van der Waals surface area contributed by atoms with Crippen LogP contribution in [0.4, 0.5) is 11.4 Å². The molecular weight excluding hydrogens is 236 g/mol. The van der Waals surface area contributed by atoms with Crippen molar-refractivity contribution in [3.05, 3.63) is 40.1 Å². The highest BCUT2D eigenvalue weighted by Crippen LogP contribution is 2.28. The van der Waals surface area contributed by atoms with E-state index in [-0.39, 0.29) is 17.0 Å². The first kappa shape index (κ1) is 13.0. The highest BCUT2D eigenvalue weighted by atomic mass is 16.6. The van der Waals surface area contributed by atoms with E-state index in [2.05, 4.69) is 5.32 Å². The molecule has 1 N–H and O–H groups in total. The van der Waals surface area contributed by atoms with Crippen LogP contribution in [0.3, 0.4) is 0 Å². The molecule has 0 heterocycles. The molecule has 0 aliphatic rings. The molecule has 90 valence electrons. The zero-order valence-electron chi connectivity index (χ0n) is 9.38. The van der Waals surface area contributed by atoms with E-state index in [0.717, 1.165) is 0 Å². The van der Waals surface area contributed by atoms with E-state index < -0.39 is 4.92 Å². The molecule has 1 aromatic carbocycles.